The second kappa shape index (κ2) is 6.24. The molecule has 0 radical (unpaired) electrons. The molecule has 6 heteroatoms. The molecule has 3 aromatic heterocycles. The first kappa shape index (κ1) is 16.2. The molecule has 6 nitrogen and oxygen atoms in total. The lowest BCUT2D eigenvalue weighted by molar-refractivity contribution is 0.193. The van der Waals surface area contributed by atoms with E-state index in [-0.39, 0.29) is 5.88 Å². The van der Waals surface area contributed by atoms with Gasteiger partial charge in [0.1, 0.15) is 0 Å². The van der Waals surface area contributed by atoms with Crippen LogP contribution >= 0.6 is 0 Å². The number of fused-ring (bicyclic) bond motifs is 1. The van der Waals surface area contributed by atoms with Crippen molar-refractivity contribution in [3.8, 4) is 17.3 Å². The molecule has 1 atom stereocenters. The number of H-pyrrole nitrogens is 1. The molecule has 0 saturated heterocycles. The number of nitrogens with one attached hydrogen (secondary N) is 1. The molecule has 1 unspecified atom stereocenters. The van der Waals surface area contributed by atoms with Gasteiger partial charge in [0.15, 0.2) is 12.1 Å². The Kier molecular flexibility index (Phi) is 3.89. The number of allylic oxidation sites excluding steroid dienone is 1. The molecule has 0 spiro atoms. The van der Waals surface area contributed by atoms with Gasteiger partial charge in [-0.3, -0.25) is 9.97 Å². The number of aliphatic imine (C=N–C) groups is 1. The van der Waals surface area contributed by atoms with Gasteiger partial charge in [-0.25, -0.2) is 4.99 Å². The standard InChI is InChI=1S/C20H18N4O2/c1-3-4-12-6-8-14(22-10-12)18-16-15(19(25)24-18)17(23-20(16)26)13-7-5-11(2)9-21-13/h3-10,19,23,25-26H,1-2H3/b4-3+. The minimum Gasteiger partial charge on any atom is -0.494 e. The number of aliphatic hydroxyl groups is 1. The van der Waals surface area contributed by atoms with Gasteiger partial charge in [-0.1, -0.05) is 24.3 Å². The number of aliphatic hydroxyl groups excluding tert-OH is 1. The van der Waals surface area contributed by atoms with E-state index in [1.54, 1.807) is 12.4 Å². The number of hydrogen-bond acceptors (Lipinski definition) is 5. The van der Waals surface area contributed by atoms with Gasteiger partial charge in [-0.2, -0.15) is 0 Å². The lowest BCUT2D eigenvalue weighted by Gasteiger charge is -2.04. The average Bonchev–Trinajstić information content (AvgIpc) is 3.16. The van der Waals surface area contributed by atoms with Gasteiger partial charge in [0.25, 0.3) is 0 Å². The predicted octanol–water partition coefficient (Wildman–Crippen LogP) is 3.36. The van der Waals surface area contributed by atoms with Gasteiger partial charge >= 0.3 is 0 Å². The van der Waals surface area contributed by atoms with Gasteiger partial charge in [-0.15, -0.1) is 0 Å². The number of hydrogen-bond donors (Lipinski definition) is 3. The number of aromatic amines is 1. The molecule has 4 rings (SSSR count). The van der Waals surface area contributed by atoms with Crippen LogP contribution in [-0.2, 0) is 0 Å². The Morgan fingerprint density at radius 2 is 1.85 bits per heavy atom. The average molecular weight is 346 g/mol. The topological polar surface area (TPSA) is 94.4 Å². The second-order valence-electron chi connectivity index (χ2n) is 6.19. The largest absolute Gasteiger partial charge is 0.494 e. The Labute approximate surface area is 150 Å². The molecule has 26 heavy (non-hydrogen) atoms. The maximum atomic E-state index is 10.5. The van der Waals surface area contributed by atoms with Gasteiger partial charge < -0.3 is 15.2 Å². The Morgan fingerprint density at radius 1 is 1.08 bits per heavy atom. The number of aryl methyl sites for hydroxylation is 1. The summed E-state index contributed by atoms with van der Waals surface area (Å²) in [5.41, 5.74) is 5.26. The summed E-state index contributed by atoms with van der Waals surface area (Å²) in [5.74, 6) is -0.0491. The Bertz CT molecular complexity index is 1020. The highest BCUT2D eigenvalue weighted by Gasteiger charge is 2.34. The minimum absolute atomic E-state index is 0.0491. The summed E-state index contributed by atoms with van der Waals surface area (Å²) in [6.45, 7) is 3.89. The summed E-state index contributed by atoms with van der Waals surface area (Å²) < 4.78 is 0. The van der Waals surface area contributed by atoms with Crippen LogP contribution in [0.2, 0.25) is 0 Å². The maximum absolute atomic E-state index is 10.5. The number of aromatic hydroxyl groups is 1. The molecule has 0 aromatic carbocycles. The molecule has 4 heterocycles. The smallest absolute Gasteiger partial charge is 0.199 e. The van der Waals surface area contributed by atoms with E-state index in [9.17, 15) is 10.2 Å². The molecular formula is C20H18N4O2. The van der Waals surface area contributed by atoms with Crippen molar-refractivity contribution < 1.29 is 10.2 Å². The molecule has 1 aliphatic heterocycles. The molecule has 0 amide bonds. The molecule has 1 aliphatic rings. The SMILES string of the molecule is C/C=C/c1ccc(C2=NC(O)c3c(-c4ccc(C)cn4)[nH]c(O)c32)nc1. The van der Waals surface area contributed by atoms with E-state index in [1.165, 1.54) is 0 Å². The number of rotatable bonds is 3. The Hall–Kier alpha value is -3.25. The van der Waals surface area contributed by atoms with E-state index in [4.69, 9.17) is 0 Å². The maximum Gasteiger partial charge on any atom is 0.199 e. The summed E-state index contributed by atoms with van der Waals surface area (Å²) in [6, 6.07) is 7.51. The molecule has 0 fully saturated rings. The molecule has 0 saturated carbocycles. The summed E-state index contributed by atoms with van der Waals surface area (Å²) in [6.07, 6.45) is 6.28. The quantitative estimate of drug-likeness (QED) is 0.678. The van der Waals surface area contributed by atoms with Gasteiger partial charge in [0.2, 0.25) is 0 Å². The second-order valence-corrected chi connectivity index (χ2v) is 6.19. The summed E-state index contributed by atoms with van der Waals surface area (Å²) >= 11 is 0. The van der Waals surface area contributed by atoms with Gasteiger partial charge in [0.05, 0.1) is 28.4 Å². The van der Waals surface area contributed by atoms with E-state index in [2.05, 4.69) is 19.9 Å². The molecule has 130 valence electrons. The van der Waals surface area contributed by atoms with Crippen LogP contribution in [0.3, 0.4) is 0 Å². The number of pyridine rings is 2. The molecule has 3 aromatic rings. The Balaban J connectivity index is 1.79. The zero-order chi connectivity index (χ0) is 18.3. The summed E-state index contributed by atoms with van der Waals surface area (Å²) in [5, 5.41) is 20.9. The lowest BCUT2D eigenvalue weighted by Crippen LogP contribution is -2.02. The van der Waals surface area contributed by atoms with Crippen LogP contribution in [0.5, 0.6) is 5.88 Å². The van der Waals surface area contributed by atoms with Crippen LogP contribution in [0.4, 0.5) is 0 Å². The molecule has 0 bridgehead atoms. The highest BCUT2D eigenvalue weighted by molar-refractivity contribution is 6.16. The fraction of sp³-hybridized carbons (Fsp3) is 0.150. The Morgan fingerprint density at radius 3 is 2.50 bits per heavy atom. The van der Waals surface area contributed by atoms with Gasteiger partial charge in [0, 0.05) is 18.0 Å². The van der Waals surface area contributed by atoms with Crippen molar-refractivity contribution in [2.45, 2.75) is 20.1 Å². The van der Waals surface area contributed by atoms with Crippen LogP contribution in [0.15, 0.2) is 47.7 Å². The van der Waals surface area contributed by atoms with E-state index in [0.717, 1.165) is 11.1 Å². The fourth-order valence-electron chi connectivity index (χ4n) is 3.10. The van der Waals surface area contributed by atoms with Crippen LogP contribution in [0, 0.1) is 6.92 Å². The number of aromatic nitrogens is 3. The first-order valence-electron chi connectivity index (χ1n) is 8.31. The van der Waals surface area contributed by atoms with Crippen molar-refractivity contribution >= 4 is 11.8 Å². The van der Waals surface area contributed by atoms with Crippen molar-refractivity contribution in [2.24, 2.45) is 4.99 Å². The number of nitrogens with zero attached hydrogens (tertiary/aromatic N) is 3. The predicted molar refractivity (Wildman–Crippen MR) is 100.0 cm³/mol. The third-order valence-electron chi connectivity index (χ3n) is 4.32. The third kappa shape index (κ3) is 2.60. The van der Waals surface area contributed by atoms with E-state index in [0.29, 0.717) is 33.9 Å². The highest BCUT2D eigenvalue weighted by Crippen LogP contribution is 2.41. The monoisotopic (exact) mass is 346 g/mol. The van der Waals surface area contributed by atoms with Crippen LogP contribution in [0.25, 0.3) is 17.5 Å². The molecule has 0 aliphatic carbocycles. The van der Waals surface area contributed by atoms with Crippen molar-refractivity contribution in [3.05, 3.63) is 70.7 Å². The van der Waals surface area contributed by atoms with Crippen LogP contribution in [0.1, 0.15) is 41.1 Å². The zero-order valence-corrected chi connectivity index (χ0v) is 14.4. The van der Waals surface area contributed by atoms with Gasteiger partial charge in [-0.05, 0) is 37.1 Å². The van der Waals surface area contributed by atoms with Crippen LogP contribution < -0.4 is 0 Å². The van der Waals surface area contributed by atoms with Crippen molar-refractivity contribution in [1.29, 1.82) is 0 Å². The van der Waals surface area contributed by atoms with Crippen molar-refractivity contribution in [3.63, 3.8) is 0 Å². The normalized spacial score (nSPS) is 16.1. The highest BCUT2D eigenvalue weighted by atomic mass is 16.3. The van der Waals surface area contributed by atoms with Crippen LogP contribution in [-0.4, -0.2) is 30.9 Å². The third-order valence-corrected chi connectivity index (χ3v) is 4.32. The van der Waals surface area contributed by atoms with E-state index < -0.39 is 6.23 Å². The zero-order valence-electron chi connectivity index (χ0n) is 14.4. The minimum atomic E-state index is -1.08. The first-order valence-corrected chi connectivity index (χ1v) is 8.31. The fourth-order valence-corrected chi connectivity index (χ4v) is 3.10. The van der Waals surface area contributed by atoms with E-state index >= 15 is 0 Å². The van der Waals surface area contributed by atoms with E-state index in [1.807, 2.05) is 50.3 Å². The summed E-state index contributed by atoms with van der Waals surface area (Å²) in [4.78, 5) is 16.0. The van der Waals surface area contributed by atoms with Crippen molar-refractivity contribution in [1.82, 2.24) is 15.0 Å². The lowest BCUT2D eigenvalue weighted by atomic mass is 10.0. The molecule has 3 N–H and O–H groups in total. The first-order chi connectivity index (χ1) is 12.6. The molecular weight excluding hydrogens is 328 g/mol. The van der Waals surface area contributed by atoms with Crippen molar-refractivity contribution in [2.75, 3.05) is 0 Å². The summed E-state index contributed by atoms with van der Waals surface area (Å²) in [7, 11) is 0.